The number of aliphatic hydroxyl groups excluding tert-OH is 4. The Bertz CT molecular complexity index is 597. The van der Waals surface area contributed by atoms with Crippen LogP contribution in [0.3, 0.4) is 0 Å². The van der Waals surface area contributed by atoms with Crippen LogP contribution in [0.4, 0.5) is 8.78 Å². The number of aromatic amines is 1. The third kappa shape index (κ3) is 3.01. The van der Waals surface area contributed by atoms with Crippen molar-refractivity contribution in [3.63, 3.8) is 0 Å². The van der Waals surface area contributed by atoms with Crippen molar-refractivity contribution in [2.24, 2.45) is 5.73 Å². The zero-order valence-electron chi connectivity index (χ0n) is 10.7. The maximum absolute atomic E-state index is 13.1. The highest BCUT2D eigenvalue weighted by Crippen LogP contribution is 2.21. The SMILES string of the molecule is NC(c1nc2cc(F)c(F)cc2[nH]1)C(O)[C@H](O)C(O)CO. The van der Waals surface area contributed by atoms with Crippen LogP contribution in [0.2, 0.25) is 0 Å². The van der Waals surface area contributed by atoms with Gasteiger partial charge in [0.15, 0.2) is 11.6 Å². The molecule has 21 heavy (non-hydrogen) atoms. The van der Waals surface area contributed by atoms with Crippen LogP contribution in [-0.2, 0) is 0 Å². The molecule has 0 aliphatic heterocycles. The Kier molecular flexibility index (Phi) is 4.49. The Labute approximate surface area is 117 Å². The number of benzene rings is 1. The molecule has 0 fully saturated rings. The first-order valence-electron chi connectivity index (χ1n) is 6.10. The first kappa shape index (κ1) is 15.7. The van der Waals surface area contributed by atoms with Crippen molar-refractivity contribution in [3.05, 3.63) is 29.6 Å². The van der Waals surface area contributed by atoms with Gasteiger partial charge in [0, 0.05) is 12.1 Å². The van der Waals surface area contributed by atoms with Crippen LogP contribution in [0.25, 0.3) is 11.0 Å². The first-order valence-corrected chi connectivity index (χ1v) is 6.10. The number of nitrogens with two attached hydrogens (primary N) is 1. The number of nitrogens with one attached hydrogen (secondary N) is 1. The van der Waals surface area contributed by atoms with Gasteiger partial charge in [-0.3, -0.25) is 0 Å². The number of hydrogen-bond donors (Lipinski definition) is 6. The van der Waals surface area contributed by atoms with Crippen molar-refractivity contribution in [2.75, 3.05) is 6.61 Å². The number of imidazole rings is 1. The number of H-pyrrole nitrogens is 1. The van der Waals surface area contributed by atoms with E-state index in [1.165, 1.54) is 0 Å². The van der Waals surface area contributed by atoms with Gasteiger partial charge in [0.25, 0.3) is 0 Å². The Morgan fingerprint density at radius 1 is 1.14 bits per heavy atom. The fourth-order valence-corrected chi connectivity index (χ4v) is 1.89. The highest BCUT2D eigenvalue weighted by atomic mass is 19.2. The first-order chi connectivity index (χ1) is 9.85. The molecule has 7 nitrogen and oxygen atoms in total. The number of aromatic nitrogens is 2. The normalized spacial score (nSPS) is 17.7. The number of hydrogen-bond acceptors (Lipinski definition) is 6. The standard InChI is InChI=1S/C12H15F2N3O4/c13-4-1-6-7(2-5(4)14)17-12(16-6)9(15)11(21)10(20)8(19)3-18/h1-2,8-11,18-21H,3,15H2,(H,16,17)/t8?,9?,10-,11?/m1/s1. The molecule has 3 unspecified atom stereocenters. The van der Waals surface area contributed by atoms with Crippen molar-refractivity contribution in [3.8, 4) is 0 Å². The fourth-order valence-electron chi connectivity index (χ4n) is 1.89. The Hall–Kier alpha value is -1.65. The van der Waals surface area contributed by atoms with E-state index in [0.29, 0.717) is 0 Å². The summed E-state index contributed by atoms with van der Waals surface area (Å²) in [5.74, 6) is -2.17. The van der Waals surface area contributed by atoms with E-state index in [1.54, 1.807) is 0 Å². The third-order valence-electron chi connectivity index (χ3n) is 3.16. The van der Waals surface area contributed by atoms with Gasteiger partial charge in [-0.05, 0) is 0 Å². The molecule has 7 N–H and O–H groups in total. The Morgan fingerprint density at radius 3 is 2.38 bits per heavy atom. The van der Waals surface area contributed by atoms with Crippen LogP contribution < -0.4 is 5.73 Å². The lowest BCUT2D eigenvalue weighted by molar-refractivity contribution is -0.0844. The van der Waals surface area contributed by atoms with Gasteiger partial charge >= 0.3 is 0 Å². The van der Waals surface area contributed by atoms with Gasteiger partial charge < -0.3 is 31.1 Å². The van der Waals surface area contributed by atoms with Crippen LogP contribution in [0.1, 0.15) is 11.9 Å². The van der Waals surface area contributed by atoms with Crippen LogP contribution >= 0.6 is 0 Å². The Balaban J connectivity index is 2.28. The molecule has 116 valence electrons. The maximum Gasteiger partial charge on any atom is 0.161 e. The van der Waals surface area contributed by atoms with Crippen LogP contribution in [0.15, 0.2) is 12.1 Å². The summed E-state index contributed by atoms with van der Waals surface area (Å²) in [5.41, 5.74) is 5.96. The summed E-state index contributed by atoms with van der Waals surface area (Å²) in [5, 5.41) is 37.4. The predicted molar refractivity (Wildman–Crippen MR) is 68.0 cm³/mol. The smallest absolute Gasteiger partial charge is 0.161 e. The van der Waals surface area contributed by atoms with E-state index in [9.17, 15) is 24.1 Å². The van der Waals surface area contributed by atoms with E-state index in [-0.39, 0.29) is 16.9 Å². The molecule has 0 aliphatic rings. The van der Waals surface area contributed by atoms with Gasteiger partial charge in [0.05, 0.1) is 23.7 Å². The molecular formula is C12H15F2N3O4. The molecule has 2 aromatic rings. The van der Waals surface area contributed by atoms with Crippen molar-refractivity contribution < 1.29 is 29.2 Å². The van der Waals surface area contributed by atoms with Crippen LogP contribution in [-0.4, -0.2) is 55.3 Å². The van der Waals surface area contributed by atoms with Gasteiger partial charge in [-0.25, -0.2) is 13.8 Å². The number of rotatable bonds is 5. The summed E-state index contributed by atoms with van der Waals surface area (Å²) in [4.78, 5) is 6.50. The molecule has 0 saturated carbocycles. The van der Waals surface area contributed by atoms with E-state index in [4.69, 9.17) is 10.8 Å². The summed E-state index contributed by atoms with van der Waals surface area (Å²) in [7, 11) is 0. The minimum Gasteiger partial charge on any atom is -0.394 e. The second-order valence-electron chi connectivity index (χ2n) is 4.66. The van der Waals surface area contributed by atoms with Gasteiger partial charge in [-0.15, -0.1) is 0 Å². The molecule has 9 heteroatoms. The highest BCUT2D eigenvalue weighted by molar-refractivity contribution is 5.75. The number of aliphatic hydroxyl groups is 4. The average Bonchev–Trinajstić information content (AvgIpc) is 2.87. The highest BCUT2D eigenvalue weighted by Gasteiger charge is 2.31. The van der Waals surface area contributed by atoms with Gasteiger partial charge in [0.1, 0.15) is 24.1 Å². The number of halogens is 2. The predicted octanol–water partition coefficient (Wildman–Crippen LogP) is -1.08. The summed E-state index contributed by atoms with van der Waals surface area (Å²) in [6.07, 6.45) is -4.92. The van der Waals surface area contributed by atoms with E-state index < -0.39 is 42.6 Å². The minimum absolute atomic E-state index is 0.0216. The number of fused-ring (bicyclic) bond motifs is 1. The molecule has 2 rings (SSSR count). The summed E-state index contributed by atoms with van der Waals surface area (Å²) in [6.45, 7) is -0.762. The van der Waals surface area contributed by atoms with Crippen molar-refractivity contribution in [2.45, 2.75) is 24.4 Å². The van der Waals surface area contributed by atoms with Crippen molar-refractivity contribution in [1.82, 2.24) is 9.97 Å². The second kappa shape index (κ2) is 6.00. The van der Waals surface area contributed by atoms with Gasteiger partial charge in [-0.2, -0.15) is 0 Å². The molecule has 0 bridgehead atoms. The third-order valence-corrected chi connectivity index (χ3v) is 3.16. The average molecular weight is 303 g/mol. The summed E-state index contributed by atoms with van der Waals surface area (Å²) >= 11 is 0. The minimum atomic E-state index is -1.70. The molecule has 4 atom stereocenters. The molecule has 0 amide bonds. The lowest BCUT2D eigenvalue weighted by Gasteiger charge is -2.25. The topological polar surface area (TPSA) is 136 Å². The molecule has 0 aliphatic carbocycles. The zero-order valence-corrected chi connectivity index (χ0v) is 10.7. The monoisotopic (exact) mass is 303 g/mol. The molecule has 1 heterocycles. The summed E-state index contributed by atoms with van der Waals surface area (Å²) in [6, 6.07) is 0.502. The van der Waals surface area contributed by atoms with Crippen LogP contribution in [0, 0.1) is 11.6 Å². The molecule has 1 aromatic heterocycles. The van der Waals surface area contributed by atoms with Crippen molar-refractivity contribution in [1.29, 1.82) is 0 Å². The lowest BCUT2D eigenvalue weighted by atomic mass is 10.0. The fraction of sp³-hybridized carbons (Fsp3) is 0.417. The van der Waals surface area contributed by atoms with Crippen molar-refractivity contribution >= 4 is 11.0 Å². The molecular weight excluding hydrogens is 288 g/mol. The second-order valence-corrected chi connectivity index (χ2v) is 4.66. The van der Waals surface area contributed by atoms with Gasteiger partial charge in [-0.1, -0.05) is 0 Å². The zero-order chi connectivity index (χ0) is 15.7. The maximum atomic E-state index is 13.1. The Morgan fingerprint density at radius 2 is 1.76 bits per heavy atom. The largest absolute Gasteiger partial charge is 0.394 e. The van der Waals surface area contributed by atoms with E-state index in [1.807, 2.05) is 0 Å². The van der Waals surface area contributed by atoms with E-state index >= 15 is 0 Å². The molecule has 1 aromatic carbocycles. The lowest BCUT2D eigenvalue weighted by Crippen LogP contribution is -2.45. The van der Waals surface area contributed by atoms with E-state index in [0.717, 1.165) is 12.1 Å². The van der Waals surface area contributed by atoms with Gasteiger partial charge in [0.2, 0.25) is 0 Å². The van der Waals surface area contributed by atoms with Crippen LogP contribution in [0.5, 0.6) is 0 Å². The quantitative estimate of drug-likeness (QED) is 0.416. The molecule has 0 spiro atoms. The molecule has 0 saturated heterocycles. The number of nitrogens with zero attached hydrogens (tertiary/aromatic N) is 1. The summed E-state index contributed by atoms with van der Waals surface area (Å²) < 4.78 is 26.2. The van der Waals surface area contributed by atoms with E-state index in [2.05, 4.69) is 9.97 Å². The molecule has 0 radical (unpaired) electrons.